The second kappa shape index (κ2) is 7.78. The van der Waals surface area contributed by atoms with Crippen molar-refractivity contribution in [3.63, 3.8) is 0 Å². The minimum Gasteiger partial charge on any atom is -0.497 e. The number of hydrogen-bond donors (Lipinski definition) is 0. The smallest absolute Gasteiger partial charge is 0.343 e. The Morgan fingerprint density at radius 1 is 1.00 bits per heavy atom. The molecule has 3 rings (SSSR count). The molecule has 0 amide bonds. The fourth-order valence-corrected chi connectivity index (χ4v) is 2.58. The van der Waals surface area contributed by atoms with Gasteiger partial charge in [-0.15, -0.1) is 0 Å². The summed E-state index contributed by atoms with van der Waals surface area (Å²) >= 11 is 0. The van der Waals surface area contributed by atoms with E-state index < -0.39 is 11.9 Å². The molecule has 1 heterocycles. The summed E-state index contributed by atoms with van der Waals surface area (Å²) in [5.41, 5.74) is 1.89. The van der Waals surface area contributed by atoms with Gasteiger partial charge in [-0.3, -0.25) is 4.79 Å². The number of benzene rings is 2. The number of carbonyl (C=O) groups is 2. The molecule has 6 heteroatoms. The van der Waals surface area contributed by atoms with Gasteiger partial charge >= 0.3 is 11.9 Å². The number of esters is 2. The Morgan fingerprint density at radius 3 is 2.37 bits per heavy atom. The van der Waals surface area contributed by atoms with Crippen LogP contribution < -0.4 is 14.2 Å². The van der Waals surface area contributed by atoms with E-state index in [1.165, 1.54) is 14.0 Å². The number of cyclic esters (lactones) is 1. The Kier molecular flexibility index (Phi) is 5.26. The van der Waals surface area contributed by atoms with Gasteiger partial charge in [0.1, 0.15) is 11.5 Å². The summed E-state index contributed by atoms with van der Waals surface area (Å²) in [5, 5.41) is 0. The quantitative estimate of drug-likeness (QED) is 0.457. The summed E-state index contributed by atoms with van der Waals surface area (Å²) in [4.78, 5) is 23.3. The Hall–Kier alpha value is -3.54. The van der Waals surface area contributed by atoms with Gasteiger partial charge in [-0.2, -0.15) is 0 Å². The predicted molar refractivity (Wildman–Crippen MR) is 99.3 cm³/mol. The molecule has 0 saturated heterocycles. The molecule has 2 aromatic carbocycles. The zero-order valence-corrected chi connectivity index (χ0v) is 15.1. The highest BCUT2D eigenvalue weighted by atomic mass is 16.6. The summed E-state index contributed by atoms with van der Waals surface area (Å²) in [7, 11) is 3.07. The van der Waals surface area contributed by atoms with Crippen molar-refractivity contribution in [1.82, 2.24) is 0 Å². The summed E-state index contributed by atoms with van der Waals surface area (Å²) in [6, 6.07) is 12.2. The third-order valence-corrected chi connectivity index (χ3v) is 3.86. The second-order valence-corrected chi connectivity index (χ2v) is 5.73. The molecule has 2 aromatic rings. The van der Waals surface area contributed by atoms with Crippen molar-refractivity contribution in [2.75, 3.05) is 14.2 Å². The first kappa shape index (κ1) is 18.3. The number of carbonyl (C=O) groups excluding carboxylic acids is 2. The van der Waals surface area contributed by atoms with E-state index in [1.807, 2.05) is 12.1 Å². The molecule has 6 nitrogen and oxygen atoms in total. The second-order valence-electron chi connectivity index (χ2n) is 5.73. The van der Waals surface area contributed by atoms with E-state index in [0.717, 1.165) is 11.3 Å². The molecule has 0 unspecified atom stereocenters. The monoisotopic (exact) mass is 366 g/mol. The number of methoxy groups -OCH3 is 2. The maximum Gasteiger partial charge on any atom is 0.343 e. The van der Waals surface area contributed by atoms with Crippen LogP contribution in [0.3, 0.4) is 0 Å². The minimum absolute atomic E-state index is 0.315. The Balaban J connectivity index is 1.88. The molecule has 1 aliphatic rings. The fraction of sp³-hybridized carbons (Fsp3) is 0.143. The normalized spacial score (nSPS) is 14.6. The largest absolute Gasteiger partial charge is 0.497 e. The average molecular weight is 366 g/mol. The van der Waals surface area contributed by atoms with Crippen molar-refractivity contribution < 1.29 is 28.5 Å². The number of ether oxygens (including phenoxy) is 4. The van der Waals surface area contributed by atoms with Gasteiger partial charge in [0.2, 0.25) is 0 Å². The first-order valence-electron chi connectivity index (χ1n) is 8.16. The van der Waals surface area contributed by atoms with Gasteiger partial charge in [0.05, 0.1) is 19.8 Å². The predicted octanol–water partition coefficient (Wildman–Crippen LogP) is 3.61. The van der Waals surface area contributed by atoms with Crippen molar-refractivity contribution in [2.24, 2.45) is 0 Å². The third-order valence-electron chi connectivity index (χ3n) is 3.86. The molecule has 0 spiro atoms. The molecule has 0 fully saturated rings. The van der Waals surface area contributed by atoms with Crippen molar-refractivity contribution in [3.8, 4) is 17.2 Å². The van der Waals surface area contributed by atoms with Gasteiger partial charge in [0.25, 0.3) is 0 Å². The van der Waals surface area contributed by atoms with E-state index in [9.17, 15) is 9.59 Å². The van der Waals surface area contributed by atoms with Crippen LogP contribution in [0.15, 0.2) is 54.1 Å². The molecular weight excluding hydrogens is 348 g/mol. The Bertz CT molecular complexity index is 938. The maximum atomic E-state index is 12.2. The summed E-state index contributed by atoms with van der Waals surface area (Å²) in [6.07, 6.45) is 3.36. The molecule has 1 aliphatic heterocycles. The van der Waals surface area contributed by atoms with Crippen LogP contribution in [0.25, 0.3) is 11.8 Å². The van der Waals surface area contributed by atoms with E-state index >= 15 is 0 Å². The summed E-state index contributed by atoms with van der Waals surface area (Å²) < 4.78 is 20.8. The standard InChI is InChI=1S/C21H18O6/c1-13(22)26-18-9-4-14(11-20(18)25-3)10-16-12-19(27-21(16)23)15-5-7-17(24-2)8-6-15/h4-12H,1-3H3. The van der Waals surface area contributed by atoms with Crippen LogP contribution in [-0.2, 0) is 14.3 Å². The number of rotatable bonds is 5. The van der Waals surface area contributed by atoms with E-state index in [-0.39, 0.29) is 0 Å². The van der Waals surface area contributed by atoms with Gasteiger partial charge in [-0.25, -0.2) is 4.79 Å². The zero-order valence-electron chi connectivity index (χ0n) is 15.1. The lowest BCUT2D eigenvalue weighted by Crippen LogP contribution is -2.03. The fourth-order valence-electron chi connectivity index (χ4n) is 2.58. The molecule has 0 saturated carbocycles. The Labute approximate surface area is 156 Å². The highest BCUT2D eigenvalue weighted by molar-refractivity contribution is 6.05. The van der Waals surface area contributed by atoms with Crippen LogP contribution in [-0.4, -0.2) is 26.2 Å². The van der Waals surface area contributed by atoms with Crippen molar-refractivity contribution in [2.45, 2.75) is 6.92 Å². The third kappa shape index (κ3) is 4.17. The molecular formula is C21H18O6. The van der Waals surface area contributed by atoms with Gasteiger partial charge < -0.3 is 18.9 Å². The van der Waals surface area contributed by atoms with Crippen molar-refractivity contribution in [3.05, 3.63) is 65.2 Å². The lowest BCUT2D eigenvalue weighted by Gasteiger charge is -2.08. The molecule has 0 radical (unpaired) electrons. The lowest BCUT2D eigenvalue weighted by molar-refractivity contribution is -0.132. The summed E-state index contributed by atoms with van der Waals surface area (Å²) in [6.45, 7) is 1.31. The highest BCUT2D eigenvalue weighted by Gasteiger charge is 2.22. The van der Waals surface area contributed by atoms with Crippen LogP contribution in [0.1, 0.15) is 18.1 Å². The lowest BCUT2D eigenvalue weighted by atomic mass is 10.1. The van der Waals surface area contributed by atoms with E-state index in [0.29, 0.717) is 28.4 Å². The van der Waals surface area contributed by atoms with Gasteiger partial charge in [-0.05, 0) is 54.1 Å². The molecule has 27 heavy (non-hydrogen) atoms. The zero-order chi connectivity index (χ0) is 19.4. The maximum absolute atomic E-state index is 12.2. The van der Waals surface area contributed by atoms with Gasteiger partial charge in [0.15, 0.2) is 11.5 Å². The average Bonchev–Trinajstić information content (AvgIpc) is 3.03. The number of hydrogen-bond acceptors (Lipinski definition) is 6. The van der Waals surface area contributed by atoms with Crippen LogP contribution in [0.4, 0.5) is 0 Å². The Morgan fingerprint density at radius 2 is 1.74 bits per heavy atom. The highest BCUT2D eigenvalue weighted by Crippen LogP contribution is 2.32. The molecule has 138 valence electrons. The molecule has 0 N–H and O–H groups in total. The van der Waals surface area contributed by atoms with Crippen molar-refractivity contribution >= 4 is 23.8 Å². The molecule has 0 bridgehead atoms. The van der Waals surface area contributed by atoms with Crippen molar-refractivity contribution in [1.29, 1.82) is 0 Å². The first-order valence-corrected chi connectivity index (χ1v) is 8.16. The van der Waals surface area contributed by atoms with E-state index in [1.54, 1.807) is 49.6 Å². The SMILES string of the molecule is COc1ccc(C2=CC(=Cc3ccc(OC(C)=O)c(OC)c3)C(=O)O2)cc1. The summed E-state index contributed by atoms with van der Waals surface area (Å²) in [5.74, 6) is 1.02. The molecule has 0 atom stereocenters. The van der Waals surface area contributed by atoms with E-state index in [4.69, 9.17) is 18.9 Å². The topological polar surface area (TPSA) is 71.1 Å². The van der Waals surface area contributed by atoms with Crippen LogP contribution in [0, 0.1) is 0 Å². The van der Waals surface area contributed by atoms with Gasteiger partial charge in [0, 0.05) is 12.5 Å². The van der Waals surface area contributed by atoms with Crippen LogP contribution in [0.5, 0.6) is 17.2 Å². The van der Waals surface area contributed by atoms with Crippen LogP contribution in [0.2, 0.25) is 0 Å². The molecule has 0 aliphatic carbocycles. The van der Waals surface area contributed by atoms with Gasteiger partial charge in [-0.1, -0.05) is 6.07 Å². The first-order chi connectivity index (χ1) is 13.0. The minimum atomic E-state index is -0.441. The van der Waals surface area contributed by atoms with Crippen LogP contribution >= 0.6 is 0 Å². The van der Waals surface area contributed by atoms with E-state index in [2.05, 4.69) is 0 Å². The molecule has 0 aromatic heterocycles.